The minimum Gasteiger partial charge on any atom is -0.496 e. The standard InChI is InChI=1S/C13H15FO3/c1-8-5-11(17-2)9(6-10(8)14)7-13(3-4-13)12(15)16/h5-6H,3-4,7H2,1-2H3,(H,15,16). The molecule has 1 aliphatic rings. The lowest BCUT2D eigenvalue weighted by molar-refractivity contribution is -0.143. The van der Waals surface area contributed by atoms with Crippen LogP contribution >= 0.6 is 0 Å². The van der Waals surface area contributed by atoms with Crippen LogP contribution in [0.3, 0.4) is 0 Å². The van der Waals surface area contributed by atoms with Gasteiger partial charge >= 0.3 is 5.97 Å². The number of methoxy groups -OCH3 is 1. The van der Waals surface area contributed by atoms with Gasteiger partial charge in [0.2, 0.25) is 0 Å². The number of hydrogen-bond acceptors (Lipinski definition) is 2. The summed E-state index contributed by atoms with van der Waals surface area (Å²) in [6.07, 6.45) is 1.64. The lowest BCUT2D eigenvalue weighted by Crippen LogP contribution is -2.18. The van der Waals surface area contributed by atoms with Crippen LogP contribution in [0.15, 0.2) is 12.1 Å². The number of aliphatic carboxylic acids is 1. The number of carboxylic acids is 1. The zero-order valence-electron chi connectivity index (χ0n) is 9.92. The third-order valence-electron chi connectivity index (χ3n) is 3.40. The minimum absolute atomic E-state index is 0.318. The molecule has 0 atom stereocenters. The van der Waals surface area contributed by atoms with E-state index in [9.17, 15) is 9.18 Å². The predicted octanol–water partition coefficient (Wildman–Crippen LogP) is 2.55. The van der Waals surface area contributed by atoms with Crippen LogP contribution in [-0.2, 0) is 11.2 Å². The summed E-state index contributed by atoms with van der Waals surface area (Å²) in [5.74, 6) is -0.557. The number of aryl methyl sites for hydroxylation is 1. The van der Waals surface area contributed by atoms with Gasteiger partial charge in [-0.2, -0.15) is 0 Å². The molecule has 2 rings (SSSR count). The van der Waals surface area contributed by atoms with Gasteiger partial charge in [0.15, 0.2) is 0 Å². The Morgan fingerprint density at radius 2 is 2.18 bits per heavy atom. The Kier molecular flexibility index (Phi) is 2.81. The van der Waals surface area contributed by atoms with Crippen LogP contribution in [0.1, 0.15) is 24.0 Å². The Hall–Kier alpha value is -1.58. The molecule has 0 unspecified atom stereocenters. The van der Waals surface area contributed by atoms with Gasteiger partial charge in [-0.3, -0.25) is 4.79 Å². The van der Waals surface area contributed by atoms with E-state index in [-0.39, 0.29) is 5.82 Å². The summed E-state index contributed by atoms with van der Waals surface area (Å²) in [5.41, 5.74) is 0.441. The molecule has 0 amide bonds. The largest absolute Gasteiger partial charge is 0.496 e. The summed E-state index contributed by atoms with van der Waals surface area (Å²) in [4.78, 5) is 11.1. The molecule has 1 aromatic rings. The van der Waals surface area contributed by atoms with Crippen molar-refractivity contribution in [2.24, 2.45) is 5.41 Å². The molecule has 0 radical (unpaired) electrons. The van der Waals surface area contributed by atoms with Gasteiger partial charge in [0, 0.05) is 0 Å². The van der Waals surface area contributed by atoms with E-state index in [0.717, 1.165) is 0 Å². The first-order valence-corrected chi connectivity index (χ1v) is 5.55. The maximum atomic E-state index is 13.5. The molecule has 3 nitrogen and oxygen atoms in total. The van der Waals surface area contributed by atoms with E-state index < -0.39 is 11.4 Å². The Labute approximate surface area is 99.2 Å². The van der Waals surface area contributed by atoms with E-state index in [1.807, 2.05) is 0 Å². The first kappa shape index (κ1) is 11.9. The van der Waals surface area contributed by atoms with Crippen molar-refractivity contribution < 1.29 is 19.0 Å². The normalized spacial score (nSPS) is 16.6. The molecule has 0 aliphatic heterocycles. The number of carboxylic acid groups (broad SMARTS) is 1. The number of benzene rings is 1. The van der Waals surface area contributed by atoms with Gasteiger partial charge in [0.05, 0.1) is 12.5 Å². The summed E-state index contributed by atoms with van der Waals surface area (Å²) in [6.45, 7) is 1.66. The highest BCUT2D eigenvalue weighted by atomic mass is 19.1. The van der Waals surface area contributed by atoms with Crippen LogP contribution < -0.4 is 4.74 Å². The van der Waals surface area contributed by atoms with E-state index in [1.165, 1.54) is 13.2 Å². The fourth-order valence-electron chi connectivity index (χ4n) is 2.01. The average Bonchev–Trinajstić information content (AvgIpc) is 3.04. The van der Waals surface area contributed by atoms with E-state index in [0.29, 0.717) is 36.1 Å². The second-order valence-electron chi connectivity index (χ2n) is 4.68. The van der Waals surface area contributed by atoms with Crippen LogP contribution in [0.2, 0.25) is 0 Å². The van der Waals surface area contributed by atoms with Gasteiger partial charge in [0.1, 0.15) is 11.6 Å². The van der Waals surface area contributed by atoms with E-state index in [4.69, 9.17) is 9.84 Å². The maximum Gasteiger partial charge on any atom is 0.309 e. The average molecular weight is 238 g/mol. The lowest BCUT2D eigenvalue weighted by atomic mass is 9.95. The third-order valence-corrected chi connectivity index (χ3v) is 3.40. The molecule has 0 spiro atoms. The molecule has 1 saturated carbocycles. The third kappa shape index (κ3) is 2.12. The van der Waals surface area contributed by atoms with E-state index in [1.54, 1.807) is 13.0 Å². The minimum atomic E-state index is -0.805. The summed E-state index contributed by atoms with van der Waals surface area (Å²) < 4.78 is 18.7. The smallest absolute Gasteiger partial charge is 0.309 e. The van der Waals surface area contributed by atoms with E-state index in [2.05, 4.69) is 0 Å². The molecule has 92 valence electrons. The van der Waals surface area contributed by atoms with Crippen LogP contribution in [0.4, 0.5) is 4.39 Å². The van der Waals surface area contributed by atoms with Crippen molar-refractivity contribution in [2.75, 3.05) is 7.11 Å². The Morgan fingerprint density at radius 1 is 1.53 bits per heavy atom. The van der Waals surface area contributed by atoms with Crippen molar-refractivity contribution in [1.29, 1.82) is 0 Å². The molecule has 1 aromatic carbocycles. The number of hydrogen-bond donors (Lipinski definition) is 1. The Bertz CT molecular complexity index is 464. The number of carbonyl (C=O) groups is 1. The Balaban J connectivity index is 2.32. The van der Waals surface area contributed by atoms with Crippen molar-refractivity contribution in [3.63, 3.8) is 0 Å². The molecular weight excluding hydrogens is 223 g/mol. The van der Waals surface area contributed by atoms with Gasteiger partial charge in [-0.15, -0.1) is 0 Å². The van der Waals surface area contributed by atoms with Crippen molar-refractivity contribution in [3.05, 3.63) is 29.1 Å². The van der Waals surface area contributed by atoms with Crippen molar-refractivity contribution in [2.45, 2.75) is 26.2 Å². The monoisotopic (exact) mass is 238 g/mol. The summed E-state index contributed by atoms with van der Waals surface area (Å²) in [5, 5.41) is 9.12. The van der Waals surface area contributed by atoms with Crippen molar-refractivity contribution in [1.82, 2.24) is 0 Å². The van der Waals surface area contributed by atoms with Crippen molar-refractivity contribution >= 4 is 5.97 Å². The molecule has 1 N–H and O–H groups in total. The second-order valence-corrected chi connectivity index (χ2v) is 4.68. The second kappa shape index (κ2) is 4.02. The molecule has 1 fully saturated rings. The van der Waals surface area contributed by atoms with Gasteiger partial charge in [-0.05, 0) is 49.4 Å². The predicted molar refractivity (Wildman–Crippen MR) is 60.7 cm³/mol. The quantitative estimate of drug-likeness (QED) is 0.876. The van der Waals surface area contributed by atoms with Crippen LogP contribution in [0.25, 0.3) is 0 Å². The number of halogens is 1. The summed E-state index contributed by atoms with van der Waals surface area (Å²) in [6, 6.07) is 3.00. The summed E-state index contributed by atoms with van der Waals surface area (Å²) >= 11 is 0. The molecule has 0 saturated heterocycles. The number of rotatable bonds is 4. The van der Waals surface area contributed by atoms with E-state index >= 15 is 0 Å². The fraction of sp³-hybridized carbons (Fsp3) is 0.462. The molecule has 1 aliphatic carbocycles. The van der Waals surface area contributed by atoms with Crippen LogP contribution in [0.5, 0.6) is 5.75 Å². The highest BCUT2D eigenvalue weighted by molar-refractivity contribution is 5.78. The molecule has 0 aromatic heterocycles. The van der Waals surface area contributed by atoms with Gasteiger partial charge in [-0.1, -0.05) is 0 Å². The maximum absolute atomic E-state index is 13.5. The summed E-state index contributed by atoms with van der Waals surface area (Å²) in [7, 11) is 1.51. The van der Waals surface area contributed by atoms with Crippen LogP contribution in [-0.4, -0.2) is 18.2 Å². The first-order valence-electron chi connectivity index (χ1n) is 5.55. The molecule has 17 heavy (non-hydrogen) atoms. The first-order chi connectivity index (χ1) is 7.98. The molecule has 0 bridgehead atoms. The molecule has 0 heterocycles. The zero-order chi connectivity index (χ0) is 12.6. The van der Waals surface area contributed by atoms with Crippen molar-refractivity contribution in [3.8, 4) is 5.75 Å². The SMILES string of the molecule is COc1cc(C)c(F)cc1CC1(C(=O)O)CC1. The fourth-order valence-corrected chi connectivity index (χ4v) is 2.01. The highest BCUT2D eigenvalue weighted by Gasteiger charge is 2.50. The molecular formula is C13H15FO3. The van der Waals surface area contributed by atoms with Crippen LogP contribution in [0, 0.1) is 18.2 Å². The van der Waals surface area contributed by atoms with Gasteiger partial charge < -0.3 is 9.84 Å². The zero-order valence-corrected chi connectivity index (χ0v) is 9.92. The molecule has 4 heteroatoms. The number of ether oxygens (including phenoxy) is 1. The topological polar surface area (TPSA) is 46.5 Å². The van der Waals surface area contributed by atoms with Gasteiger partial charge in [0.25, 0.3) is 0 Å². The highest BCUT2D eigenvalue weighted by Crippen LogP contribution is 2.49. The van der Waals surface area contributed by atoms with Gasteiger partial charge in [-0.25, -0.2) is 4.39 Å². The lowest BCUT2D eigenvalue weighted by Gasteiger charge is -2.14. The Morgan fingerprint density at radius 3 is 2.65 bits per heavy atom.